The number of carbonyl (C=O) groups excluding carboxylic acids is 1. The summed E-state index contributed by atoms with van der Waals surface area (Å²) >= 11 is 0. The number of pyridine rings is 1. The van der Waals surface area contributed by atoms with Crippen LogP contribution in [0.15, 0.2) is 43.0 Å². The standard InChI is InChI=1S/C14H16N6O/c1-15-14(21)10-20-9-11(7-17-20)16-6-12-8-19-5-3-2-4-13(19)18-12/h2-5,7-9,16H,6,10H2,1H3,(H,15,21). The van der Waals surface area contributed by atoms with E-state index in [-0.39, 0.29) is 12.5 Å². The minimum absolute atomic E-state index is 0.0787. The van der Waals surface area contributed by atoms with Crippen molar-refractivity contribution in [3.63, 3.8) is 0 Å². The van der Waals surface area contributed by atoms with E-state index >= 15 is 0 Å². The molecule has 7 nitrogen and oxygen atoms in total. The molecular weight excluding hydrogens is 268 g/mol. The smallest absolute Gasteiger partial charge is 0.241 e. The van der Waals surface area contributed by atoms with Crippen LogP contribution in [0, 0.1) is 0 Å². The molecule has 0 saturated carbocycles. The fraction of sp³-hybridized carbons (Fsp3) is 0.214. The van der Waals surface area contributed by atoms with E-state index in [1.54, 1.807) is 24.1 Å². The second kappa shape index (κ2) is 5.66. The minimum atomic E-state index is -0.0787. The molecule has 0 atom stereocenters. The number of nitrogens with one attached hydrogen (secondary N) is 2. The van der Waals surface area contributed by atoms with E-state index in [2.05, 4.69) is 20.7 Å². The van der Waals surface area contributed by atoms with Gasteiger partial charge in [0.05, 0.1) is 24.1 Å². The fourth-order valence-electron chi connectivity index (χ4n) is 2.03. The largest absolute Gasteiger partial charge is 0.377 e. The maximum Gasteiger partial charge on any atom is 0.241 e. The van der Waals surface area contributed by atoms with Gasteiger partial charge in [-0.2, -0.15) is 5.10 Å². The Hall–Kier alpha value is -2.83. The number of anilines is 1. The third kappa shape index (κ3) is 3.02. The number of fused-ring (bicyclic) bond motifs is 1. The number of hydrogen-bond acceptors (Lipinski definition) is 4. The summed E-state index contributed by atoms with van der Waals surface area (Å²) < 4.78 is 3.57. The van der Waals surface area contributed by atoms with Crippen LogP contribution in [0.25, 0.3) is 5.65 Å². The first kappa shape index (κ1) is 13.2. The molecule has 21 heavy (non-hydrogen) atoms. The summed E-state index contributed by atoms with van der Waals surface area (Å²) in [4.78, 5) is 15.8. The van der Waals surface area contributed by atoms with Gasteiger partial charge in [0, 0.05) is 25.6 Å². The van der Waals surface area contributed by atoms with Gasteiger partial charge in [-0.15, -0.1) is 0 Å². The molecule has 108 valence electrons. The highest BCUT2D eigenvalue weighted by molar-refractivity contribution is 5.75. The van der Waals surface area contributed by atoms with Crippen molar-refractivity contribution < 1.29 is 4.79 Å². The average molecular weight is 284 g/mol. The van der Waals surface area contributed by atoms with E-state index in [4.69, 9.17) is 0 Å². The van der Waals surface area contributed by atoms with Crippen LogP contribution in [0.3, 0.4) is 0 Å². The highest BCUT2D eigenvalue weighted by Gasteiger charge is 2.04. The van der Waals surface area contributed by atoms with Crippen molar-refractivity contribution in [3.8, 4) is 0 Å². The summed E-state index contributed by atoms with van der Waals surface area (Å²) in [6, 6.07) is 5.89. The summed E-state index contributed by atoms with van der Waals surface area (Å²) in [5.41, 5.74) is 2.72. The van der Waals surface area contributed by atoms with Crippen LogP contribution in [0.1, 0.15) is 5.69 Å². The number of amides is 1. The topological polar surface area (TPSA) is 76.2 Å². The maximum absolute atomic E-state index is 11.3. The zero-order valence-electron chi connectivity index (χ0n) is 11.7. The number of likely N-dealkylation sites (N-methyl/N-ethyl adjacent to an activating group) is 1. The van der Waals surface area contributed by atoms with Crippen LogP contribution in [-0.4, -0.2) is 32.1 Å². The van der Waals surface area contributed by atoms with Crippen LogP contribution in [0.2, 0.25) is 0 Å². The Kier molecular flexibility index (Phi) is 3.55. The SMILES string of the molecule is CNC(=O)Cn1cc(NCc2cn3ccccc3n2)cn1. The van der Waals surface area contributed by atoms with Crippen molar-refractivity contribution >= 4 is 17.2 Å². The third-order valence-electron chi connectivity index (χ3n) is 3.11. The molecule has 7 heteroatoms. The van der Waals surface area contributed by atoms with Gasteiger partial charge in [0.1, 0.15) is 12.2 Å². The van der Waals surface area contributed by atoms with Crippen LogP contribution < -0.4 is 10.6 Å². The van der Waals surface area contributed by atoms with E-state index in [0.717, 1.165) is 17.0 Å². The predicted octanol–water partition coefficient (Wildman–Crippen LogP) is 0.889. The Morgan fingerprint density at radius 3 is 3.05 bits per heavy atom. The molecule has 0 radical (unpaired) electrons. The lowest BCUT2D eigenvalue weighted by Crippen LogP contribution is -2.23. The molecule has 0 aliphatic heterocycles. The summed E-state index contributed by atoms with van der Waals surface area (Å²) in [7, 11) is 1.61. The monoisotopic (exact) mass is 284 g/mol. The molecule has 2 N–H and O–H groups in total. The fourth-order valence-corrected chi connectivity index (χ4v) is 2.03. The Morgan fingerprint density at radius 2 is 2.24 bits per heavy atom. The van der Waals surface area contributed by atoms with E-state index in [9.17, 15) is 4.79 Å². The zero-order valence-corrected chi connectivity index (χ0v) is 11.7. The molecule has 0 fully saturated rings. The van der Waals surface area contributed by atoms with Crippen LogP contribution >= 0.6 is 0 Å². The first-order chi connectivity index (χ1) is 10.2. The number of nitrogens with zero attached hydrogens (tertiary/aromatic N) is 4. The van der Waals surface area contributed by atoms with Crippen molar-refractivity contribution in [2.24, 2.45) is 0 Å². The number of imidazole rings is 1. The molecule has 3 aromatic heterocycles. The van der Waals surface area contributed by atoms with Crippen molar-refractivity contribution in [2.75, 3.05) is 12.4 Å². The van der Waals surface area contributed by atoms with Crippen molar-refractivity contribution in [1.82, 2.24) is 24.5 Å². The molecule has 3 aromatic rings. The molecular formula is C14H16N6O. The van der Waals surface area contributed by atoms with Gasteiger partial charge in [-0.05, 0) is 12.1 Å². The van der Waals surface area contributed by atoms with Crippen molar-refractivity contribution in [1.29, 1.82) is 0 Å². The number of aromatic nitrogens is 4. The minimum Gasteiger partial charge on any atom is -0.377 e. The molecule has 0 aromatic carbocycles. The van der Waals surface area contributed by atoms with Crippen molar-refractivity contribution in [3.05, 3.63) is 48.7 Å². The summed E-state index contributed by atoms with van der Waals surface area (Å²) in [6.07, 6.45) is 7.44. The lowest BCUT2D eigenvalue weighted by molar-refractivity contribution is -0.121. The van der Waals surface area contributed by atoms with Gasteiger partial charge in [0.25, 0.3) is 0 Å². The quantitative estimate of drug-likeness (QED) is 0.729. The zero-order chi connectivity index (χ0) is 14.7. The Balaban J connectivity index is 1.63. The van der Waals surface area contributed by atoms with Gasteiger partial charge in [-0.3, -0.25) is 9.48 Å². The molecule has 0 unspecified atom stereocenters. The second-order valence-electron chi connectivity index (χ2n) is 4.65. The molecule has 1 amide bonds. The number of rotatable bonds is 5. The first-order valence-corrected chi connectivity index (χ1v) is 6.64. The Morgan fingerprint density at radius 1 is 1.33 bits per heavy atom. The van der Waals surface area contributed by atoms with E-state index < -0.39 is 0 Å². The summed E-state index contributed by atoms with van der Waals surface area (Å²) in [5, 5.41) is 9.93. The second-order valence-corrected chi connectivity index (χ2v) is 4.65. The third-order valence-corrected chi connectivity index (χ3v) is 3.11. The highest BCUT2D eigenvalue weighted by atomic mass is 16.1. The van der Waals surface area contributed by atoms with Gasteiger partial charge in [-0.1, -0.05) is 6.07 Å². The van der Waals surface area contributed by atoms with Gasteiger partial charge >= 0.3 is 0 Å². The predicted molar refractivity (Wildman–Crippen MR) is 78.8 cm³/mol. The molecule has 0 spiro atoms. The number of carbonyl (C=O) groups is 1. The van der Waals surface area contributed by atoms with Crippen LogP contribution in [0.5, 0.6) is 0 Å². The van der Waals surface area contributed by atoms with Crippen LogP contribution in [0.4, 0.5) is 5.69 Å². The van der Waals surface area contributed by atoms with Crippen LogP contribution in [-0.2, 0) is 17.9 Å². The summed E-state index contributed by atoms with van der Waals surface area (Å²) in [5.74, 6) is -0.0787. The van der Waals surface area contributed by atoms with Gasteiger partial charge in [-0.25, -0.2) is 4.98 Å². The molecule has 0 aliphatic carbocycles. The Labute approximate surface area is 121 Å². The molecule has 0 saturated heterocycles. The lowest BCUT2D eigenvalue weighted by Gasteiger charge is -2.00. The maximum atomic E-state index is 11.3. The van der Waals surface area contributed by atoms with Gasteiger partial charge in [0.15, 0.2) is 0 Å². The van der Waals surface area contributed by atoms with E-state index in [1.807, 2.05) is 35.0 Å². The van der Waals surface area contributed by atoms with Crippen molar-refractivity contribution in [2.45, 2.75) is 13.1 Å². The summed E-state index contributed by atoms with van der Waals surface area (Å²) in [6.45, 7) is 0.819. The lowest BCUT2D eigenvalue weighted by atomic mass is 10.4. The molecule has 0 bridgehead atoms. The molecule has 3 heterocycles. The van der Waals surface area contributed by atoms with E-state index in [0.29, 0.717) is 6.54 Å². The average Bonchev–Trinajstić information content (AvgIpc) is 3.10. The van der Waals surface area contributed by atoms with Gasteiger partial charge < -0.3 is 15.0 Å². The molecule has 3 rings (SSSR count). The highest BCUT2D eigenvalue weighted by Crippen LogP contribution is 2.09. The Bertz CT molecular complexity index is 727. The van der Waals surface area contributed by atoms with Gasteiger partial charge in [0.2, 0.25) is 5.91 Å². The van der Waals surface area contributed by atoms with E-state index in [1.165, 1.54) is 0 Å². The number of hydrogen-bond donors (Lipinski definition) is 2. The molecule has 0 aliphatic rings. The normalized spacial score (nSPS) is 10.7. The first-order valence-electron chi connectivity index (χ1n) is 6.64.